The number of nitrogens with one attached hydrogen (secondary N) is 1. The van der Waals surface area contributed by atoms with Gasteiger partial charge in [0.2, 0.25) is 0 Å². The first-order valence-electron chi connectivity index (χ1n) is 6.94. The zero-order valence-electron chi connectivity index (χ0n) is 13.1. The Balaban J connectivity index is 2.30. The van der Waals surface area contributed by atoms with E-state index in [9.17, 15) is 14.9 Å². The first kappa shape index (κ1) is 15.7. The molecule has 0 saturated carbocycles. The van der Waals surface area contributed by atoms with Gasteiger partial charge in [-0.1, -0.05) is 17.7 Å². The lowest BCUT2D eigenvalue weighted by atomic mass is 10.0. The highest BCUT2D eigenvalue weighted by Gasteiger charge is 2.15. The van der Waals surface area contributed by atoms with Crippen molar-refractivity contribution in [2.45, 2.75) is 27.7 Å². The van der Waals surface area contributed by atoms with Gasteiger partial charge >= 0.3 is 0 Å². The van der Waals surface area contributed by atoms with Crippen molar-refractivity contribution >= 4 is 17.3 Å². The summed E-state index contributed by atoms with van der Waals surface area (Å²) in [6.45, 7) is 7.51. The van der Waals surface area contributed by atoms with Crippen molar-refractivity contribution in [1.82, 2.24) is 0 Å². The minimum atomic E-state index is -0.453. The Hall–Kier alpha value is -2.69. The molecule has 5 heteroatoms. The van der Waals surface area contributed by atoms with Crippen molar-refractivity contribution in [1.29, 1.82) is 0 Å². The summed E-state index contributed by atoms with van der Waals surface area (Å²) in [6, 6.07) is 8.37. The van der Waals surface area contributed by atoms with Crippen molar-refractivity contribution in [3.8, 4) is 0 Å². The number of carbonyl (C=O) groups is 1. The van der Waals surface area contributed by atoms with Crippen LogP contribution in [-0.2, 0) is 0 Å². The molecule has 2 aromatic rings. The highest BCUT2D eigenvalue weighted by Crippen LogP contribution is 2.24. The predicted molar refractivity (Wildman–Crippen MR) is 86.4 cm³/mol. The molecule has 5 nitrogen and oxygen atoms in total. The molecule has 0 unspecified atom stereocenters. The van der Waals surface area contributed by atoms with Gasteiger partial charge in [0.25, 0.3) is 11.6 Å². The molecule has 0 atom stereocenters. The molecule has 0 aliphatic carbocycles. The quantitative estimate of drug-likeness (QED) is 0.685. The van der Waals surface area contributed by atoms with Crippen LogP contribution >= 0.6 is 0 Å². The third-order valence-corrected chi connectivity index (χ3v) is 3.57. The molecular weight excluding hydrogens is 280 g/mol. The van der Waals surface area contributed by atoms with E-state index >= 15 is 0 Å². The molecule has 0 fully saturated rings. The molecule has 0 heterocycles. The Morgan fingerprint density at radius 1 is 1.00 bits per heavy atom. The maximum absolute atomic E-state index is 12.4. The number of aryl methyl sites for hydroxylation is 4. The second-order valence-corrected chi connectivity index (χ2v) is 5.49. The summed E-state index contributed by atoms with van der Waals surface area (Å²) in [5, 5.41) is 13.7. The van der Waals surface area contributed by atoms with Gasteiger partial charge in [-0.05, 0) is 51.0 Å². The third kappa shape index (κ3) is 3.14. The molecule has 0 aliphatic heterocycles. The molecule has 0 aliphatic rings. The maximum atomic E-state index is 12.4. The summed E-state index contributed by atoms with van der Waals surface area (Å²) in [4.78, 5) is 22.7. The van der Waals surface area contributed by atoms with Gasteiger partial charge in [-0.15, -0.1) is 0 Å². The number of amides is 1. The van der Waals surface area contributed by atoms with Crippen LogP contribution < -0.4 is 5.32 Å². The van der Waals surface area contributed by atoms with E-state index in [0.29, 0.717) is 11.1 Å². The minimum Gasteiger partial charge on any atom is -0.322 e. The van der Waals surface area contributed by atoms with Crippen molar-refractivity contribution in [3.63, 3.8) is 0 Å². The summed E-state index contributed by atoms with van der Waals surface area (Å²) in [5.41, 5.74) is 4.79. The van der Waals surface area contributed by atoms with Gasteiger partial charge in [0, 0.05) is 22.9 Å². The molecule has 0 aromatic heterocycles. The molecule has 0 spiro atoms. The number of hydrogen-bond donors (Lipinski definition) is 1. The van der Waals surface area contributed by atoms with Crippen molar-refractivity contribution < 1.29 is 9.72 Å². The smallest absolute Gasteiger partial charge is 0.272 e. The molecule has 114 valence electrons. The zero-order chi connectivity index (χ0) is 16.4. The Morgan fingerprint density at radius 2 is 1.59 bits per heavy atom. The SMILES string of the molecule is Cc1cc(C)c(NC(=O)c2ccc([N+](=O)[O-])c(C)c2)c(C)c1. The minimum absolute atomic E-state index is 0.0132. The standard InChI is InChI=1S/C17H18N2O3/c1-10-7-12(3)16(13(4)8-10)18-17(20)14-5-6-15(19(21)22)11(2)9-14/h5-9H,1-4H3,(H,18,20). The fourth-order valence-electron chi connectivity index (χ4n) is 2.56. The van der Waals surface area contributed by atoms with E-state index in [4.69, 9.17) is 0 Å². The van der Waals surface area contributed by atoms with Crippen LogP contribution in [0.25, 0.3) is 0 Å². The average molecular weight is 298 g/mol. The van der Waals surface area contributed by atoms with E-state index in [1.165, 1.54) is 18.2 Å². The highest BCUT2D eigenvalue weighted by molar-refractivity contribution is 6.05. The zero-order valence-corrected chi connectivity index (χ0v) is 13.1. The van der Waals surface area contributed by atoms with Crippen LogP contribution in [0.4, 0.5) is 11.4 Å². The molecule has 0 bridgehead atoms. The normalized spacial score (nSPS) is 10.4. The summed E-state index contributed by atoms with van der Waals surface area (Å²) < 4.78 is 0. The van der Waals surface area contributed by atoms with Crippen LogP contribution in [0.15, 0.2) is 30.3 Å². The Kier molecular flexibility index (Phi) is 4.26. The van der Waals surface area contributed by atoms with Crippen LogP contribution in [0.1, 0.15) is 32.6 Å². The maximum Gasteiger partial charge on any atom is 0.272 e. The lowest BCUT2D eigenvalue weighted by Gasteiger charge is -2.13. The molecule has 0 saturated heterocycles. The van der Waals surface area contributed by atoms with Gasteiger partial charge in [-0.25, -0.2) is 0 Å². The van der Waals surface area contributed by atoms with Crippen molar-refractivity contribution in [2.24, 2.45) is 0 Å². The number of benzene rings is 2. The van der Waals surface area contributed by atoms with Gasteiger partial charge in [0.05, 0.1) is 4.92 Å². The first-order valence-corrected chi connectivity index (χ1v) is 6.94. The second-order valence-electron chi connectivity index (χ2n) is 5.49. The lowest BCUT2D eigenvalue weighted by molar-refractivity contribution is -0.385. The van der Waals surface area contributed by atoms with E-state index in [2.05, 4.69) is 5.32 Å². The molecule has 2 rings (SSSR count). The van der Waals surface area contributed by atoms with Gasteiger partial charge in [-0.3, -0.25) is 14.9 Å². The predicted octanol–water partition coefficient (Wildman–Crippen LogP) is 4.08. The van der Waals surface area contributed by atoms with Crippen LogP contribution in [0.3, 0.4) is 0 Å². The van der Waals surface area contributed by atoms with Crippen molar-refractivity contribution in [2.75, 3.05) is 5.32 Å². The summed E-state index contributed by atoms with van der Waals surface area (Å²) >= 11 is 0. The number of nitro benzene ring substituents is 1. The first-order chi connectivity index (χ1) is 10.3. The van der Waals surface area contributed by atoms with Gasteiger partial charge in [-0.2, -0.15) is 0 Å². The Labute approximate surface area is 129 Å². The number of anilines is 1. The van der Waals surface area contributed by atoms with E-state index in [1.807, 2.05) is 32.9 Å². The third-order valence-electron chi connectivity index (χ3n) is 3.57. The number of hydrogen-bond acceptors (Lipinski definition) is 3. The molecule has 1 amide bonds. The van der Waals surface area contributed by atoms with Gasteiger partial charge in [0.15, 0.2) is 0 Å². The number of nitro groups is 1. The molecule has 22 heavy (non-hydrogen) atoms. The van der Waals surface area contributed by atoms with Gasteiger partial charge < -0.3 is 5.32 Å². The van der Waals surface area contributed by atoms with Gasteiger partial charge in [0.1, 0.15) is 0 Å². The fourth-order valence-corrected chi connectivity index (χ4v) is 2.56. The highest BCUT2D eigenvalue weighted by atomic mass is 16.6. The second kappa shape index (κ2) is 5.97. The van der Waals surface area contributed by atoms with Crippen LogP contribution in [-0.4, -0.2) is 10.8 Å². The summed E-state index contributed by atoms with van der Waals surface area (Å²) in [6.07, 6.45) is 0. The summed E-state index contributed by atoms with van der Waals surface area (Å²) in [5.74, 6) is -0.270. The van der Waals surface area contributed by atoms with Crippen LogP contribution in [0, 0.1) is 37.8 Å². The van der Waals surface area contributed by atoms with Crippen molar-refractivity contribution in [3.05, 3.63) is 68.3 Å². The van der Waals surface area contributed by atoms with E-state index in [1.54, 1.807) is 6.92 Å². The number of nitrogens with zero attached hydrogens (tertiary/aromatic N) is 1. The topological polar surface area (TPSA) is 72.2 Å². The van der Waals surface area contributed by atoms with E-state index < -0.39 is 4.92 Å². The Morgan fingerprint density at radius 3 is 2.09 bits per heavy atom. The lowest BCUT2D eigenvalue weighted by Crippen LogP contribution is -2.14. The molecule has 0 radical (unpaired) electrons. The molecule has 2 aromatic carbocycles. The number of carbonyl (C=O) groups excluding carboxylic acids is 1. The largest absolute Gasteiger partial charge is 0.322 e. The summed E-state index contributed by atoms with van der Waals surface area (Å²) in [7, 11) is 0. The van der Waals surface area contributed by atoms with Crippen LogP contribution in [0.5, 0.6) is 0 Å². The van der Waals surface area contributed by atoms with Crippen LogP contribution in [0.2, 0.25) is 0 Å². The average Bonchev–Trinajstić information content (AvgIpc) is 2.41. The fraction of sp³-hybridized carbons (Fsp3) is 0.235. The number of rotatable bonds is 3. The molecular formula is C17H18N2O3. The monoisotopic (exact) mass is 298 g/mol. The Bertz CT molecular complexity index is 743. The molecule has 1 N–H and O–H groups in total. The van der Waals surface area contributed by atoms with E-state index in [-0.39, 0.29) is 11.6 Å². The van der Waals surface area contributed by atoms with E-state index in [0.717, 1.165) is 22.4 Å².